The molecular formula is C24H27F3N2O2. The van der Waals surface area contributed by atoms with E-state index in [1.807, 2.05) is 11.0 Å². The minimum absolute atomic E-state index is 0.128. The Morgan fingerprint density at radius 1 is 0.871 bits per heavy atom. The number of hydrogen-bond donors (Lipinski definition) is 0. The third-order valence-corrected chi connectivity index (χ3v) is 6.67. The fraction of sp³-hybridized carbons (Fsp3) is 0.458. The molecule has 4 aliphatic rings. The average molecular weight is 432 g/mol. The number of benzene rings is 2. The van der Waals surface area contributed by atoms with Gasteiger partial charge in [0, 0.05) is 18.5 Å². The van der Waals surface area contributed by atoms with Crippen LogP contribution < -0.4 is 0 Å². The number of halogens is 3. The number of nitrogens with zero attached hydrogens (tertiary/aromatic N) is 2. The Balaban J connectivity index is 0.000000217. The van der Waals surface area contributed by atoms with Crippen molar-refractivity contribution in [2.75, 3.05) is 32.8 Å². The van der Waals surface area contributed by atoms with Gasteiger partial charge in [0.1, 0.15) is 0 Å². The van der Waals surface area contributed by atoms with Gasteiger partial charge in [-0.25, -0.2) is 18.0 Å². The molecule has 2 bridgehead atoms. The normalized spacial score (nSPS) is 24.1. The molecule has 0 N–H and O–H groups in total. The van der Waals surface area contributed by atoms with Gasteiger partial charge in [-0.2, -0.15) is 0 Å². The van der Waals surface area contributed by atoms with Crippen LogP contribution in [0.25, 0.3) is 0 Å². The van der Waals surface area contributed by atoms with E-state index in [0.717, 1.165) is 31.2 Å². The van der Waals surface area contributed by atoms with Gasteiger partial charge >= 0.3 is 6.09 Å². The highest BCUT2D eigenvalue weighted by Gasteiger charge is 2.40. The number of rotatable bonds is 2. The summed E-state index contributed by atoms with van der Waals surface area (Å²) < 4.78 is 41.6. The second-order valence-corrected chi connectivity index (χ2v) is 8.62. The molecule has 4 aliphatic heterocycles. The van der Waals surface area contributed by atoms with Crippen LogP contribution in [0.2, 0.25) is 0 Å². The van der Waals surface area contributed by atoms with Crippen LogP contribution in [0.15, 0.2) is 42.5 Å². The number of hydrogen-bond acceptors (Lipinski definition) is 3. The van der Waals surface area contributed by atoms with Gasteiger partial charge in [-0.15, -0.1) is 0 Å². The lowest BCUT2D eigenvalue weighted by Crippen LogP contribution is -2.50. The van der Waals surface area contributed by atoms with E-state index in [0.29, 0.717) is 13.2 Å². The van der Waals surface area contributed by atoms with Crippen molar-refractivity contribution in [2.24, 2.45) is 5.41 Å². The summed E-state index contributed by atoms with van der Waals surface area (Å²) >= 11 is 0. The topological polar surface area (TPSA) is 32.8 Å². The zero-order valence-corrected chi connectivity index (χ0v) is 17.5. The molecule has 4 nitrogen and oxygen atoms in total. The molecule has 0 radical (unpaired) electrons. The highest BCUT2D eigenvalue weighted by molar-refractivity contribution is 5.68. The predicted molar refractivity (Wildman–Crippen MR) is 111 cm³/mol. The molecular weight excluding hydrogens is 405 g/mol. The van der Waals surface area contributed by atoms with E-state index >= 15 is 0 Å². The van der Waals surface area contributed by atoms with Crippen LogP contribution in [0.4, 0.5) is 18.0 Å². The van der Waals surface area contributed by atoms with Crippen LogP contribution in [0.5, 0.6) is 0 Å². The Labute approximate surface area is 180 Å². The second-order valence-electron chi connectivity index (χ2n) is 8.62. The van der Waals surface area contributed by atoms with Crippen molar-refractivity contribution in [3.8, 4) is 0 Å². The SMILES string of the molecule is Fc1cccc(F)c1F.O=C(OCC12CCN(CC1)CC2)N1CCc2ccccc2C1. The van der Waals surface area contributed by atoms with Gasteiger partial charge in [0.15, 0.2) is 17.5 Å². The summed E-state index contributed by atoms with van der Waals surface area (Å²) in [6.07, 6.45) is 4.36. The first kappa shape index (κ1) is 21.7. The number of carbonyl (C=O) groups excluding carboxylic acids is 1. The zero-order valence-electron chi connectivity index (χ0n) is 17.5. The minimum atomic E-state index is -1.42. The molecule has 4 heterocycles. The van der Waals surface area contributed by atoms with Crippen LogP contribution in [0.1, 0.15) is 30.4 Å². The first-order chi connectivity index (χ1) is 15.0. The van der Waals surface area contributed by atoms with Gasteiger partial charge in [-0.3, -0.25) is 0 Å². The van der Waals surface area contributed by atoms with E-state index in [2.05, 4.69) is 23.1 Å². The van der Waals surface area contributed by atoms with E-state index in [9.17, 15) is 18.0 Å². The molecule has 31 heavy (non-hydrogen) atoms. The maximum absolute atomic E-state index is 12.4. The van der Waals surface area contributed by atoms with Gasteiger partial charge in [0.25, 0.3) is 0 Å². The van der Waals surface area contributed by atoms with Gasteiger partial charge in [0.05, 0.1) is 6.61 Å². The predicted octanol–water partition coefficient (Wildman–Crippen LogP) is 4.77. The third kappa shape index (κ3) is 5.03. The fourth-order valence-electron chi connectivity index (χ4n) is 4.55. The molecule has 3 fully saturated rings. The maximum atomic E-state index is 12.4. The molecule has 3 saturated heterocycles. The number of carbonyl (C=O) groups is 1. The van der Waals surface area contributed by atoms with E-state index in [4.69, 9.17) is 4.74 Å². The van der Waals surface area contributed by atoms with E-state index in [-0.39, 0.29) is 11.5 Å². The van der Waals surface area contributed by atoms with Gasteiger partial charge in [0.2, 0.25) is 0 Å². The Hall–Kier alpha value is -2.54. The maximum Gasteiger partial charge on any atom is 0.410 e. The third-order valence-electron chi connectivity index (χ3n) is 6.67. The quantitative estimate of drug-likeness (QED) is 0.641. The van der Waals surface area contributed by atoms with Crippen molar-refractivity contribution in [1.29, 1.82) is 0 Å². The summed E-state index contributed by atoms with van der Waals surface area (Å²) in [5, 5.41) is 0. The Kier molecular flexibility index (Phi) is 6.51. The van der Waals surface area contributed by atoms with Gasteiger partial charge in [-0.05, 0) is 68.6 Å². The second kappa shape index (κ2) is 9.30. The van der Waals surface area contributed by atoms with E-state index in [1.165, 1.54) is 50.0 Å². The van der Waals surface area contributed by atoms with Crippen LogP contribution in [0.3, 0.4) is 0 Å². The van der Waals surface area contributed by atoms with E-state index < -0.39 is 17.5 Å². The summed E-state index contributed by atoms with van der Waals surface area (Å²) in [4.78, 5) is 16.8. The highest BCUT2D eigenvalue weighted by atomic mass is 19.2. The number of ether oxygens (including phenoxy) is 1. The largest absolute Gasteiger partial charge is 0.449 e. The van der Waals surface area contributed by atoms with E-state index in [1.54, 1.807) is 0 Å². The molecule has 0 spiro atoms. The standard InChI is InChI=1S/C18H24N2O2.C6H3F3/c21-17(20-9-5-15-3-1-2-4-16(15)13-20)22-14-18-6-10-19(11-7-18)12-8-18;7-4-2-1-3-5(8)6(4)9/h1-4H,5-14H2;1-3H. The number of fused-ring (bicyclic) bond motifs is 4. The average Bonchev–Trinajstić information content (AvgIpc) is 2.82. The molecule has 1 amide bonds. The van der Waals surface area contributed by atoms with Crippen LogP contribution in [-0.4, -0.2) is 48.7 Å². The molecule has 0 aliphatic carbocycles. The molecule has 0 aromatic heterocycles. The lowest BCUT2D eigenvalue weighted by Gasteiger charge is -2.48. The Morgan fingerprint density at radius 2 is 1.48 bits per heavy atom. The zero-order chi connectivity index (χ0) is 21.8. The monoisotopic (exact) mass is 432 g/mol. The number of amides is 1. The van der Waals surface area contributed by atoms with Crippen LogP contribution in [-0.2, 0) is 17.7 Å². The smallest absolute Gasteiger partial charge is 0.410 e. The first-order valence-corrected chi connectivity index (χ1v) is 10.8. The fourth-order valence-corrected chi connectivity index (χ4v) is 4.55. The summed E-state index contributed by atoms with van der Waals surface area (Å²) in [5.74, 6) is -3.73. The molecule has 0 saturated carbocycles. The summed E-state index contributed by atoms with van der Waals surface area (Å²) in [6, 6.07) is 11.2. The summed E-state index contributed by atoms with van der Waals surface area (Å²) in [5.41, 5.74) is 2.89. The molecule has 6 rings (SSSR count). The van der Waals surface area contributed by atoms with Crippen molar-refractivity contribution in [1.82, 2.24) is 9.80 Å². The van der Waals surface area contributed by atoms with Gasteiger partial charge in [-0.1, -0.05) is 30.3 Å². The Morgan fingerprint density at radius 3 is 2.10 bits per heavy atom. The van der Waals surface area contributed by atoms with Crippen LogP contribution in [0, 0.1) is 22.9 Å². The summed E-state index contributed by atoms with van der Waals surface area (Å²) in [7, 11) is 0. The lowest BCUT2D eigenvalue weighted by molar-refractivity contribution is -0.0288. The molecule has 0 unspecified atom stereocenters. The van der Waals surface area contributed by atoms with Crippen molar-refractivity contribution in [2.45, 2.75) is 32.2 Å². The molecule has 7 heteroatoms. The van der Waals surface area contributed by atoms with Gasteiger partial charge < -0.3 is 14.5 Å². The molecule has 166 valence electrons. The number of piperidine rings is 3. The summed E-state index contributed by atoms with van der Waals surface area (Å²) in [6.45, 7) is 5.60. The lowest BCUT2D eigenvalue weighted by atomic mass is 9.73. The van der Waals surface area contributed by atoms with Crippen molar-refractivity contribution >= 4 is 6.09 Å². The molecule has 0 atom stereocenters. The van der Waals surface area contributed by atoms with Crippen LogP contribution >= 0.6 is 0 Å². The molecule has 2 aromatic rings. The molecule has 2 aromatic carbocycles. The highest BCUT2D eigenvalue weighted by Crippen LogP contribution is 2.40. The first-order valence-electron chi connectivity index (χ1n) is 10.8. The van der Waals surface area contributed by atoms with Crippen molar-refractivity contribution in [3.05, 3.63) is 71.0 Å². The Bertz CT molecular complexity index is 895. The van der Waals surface area contributed by atoms with Crippen molar-refractivity contribution < 1.29 is 22.7 Å². The van der Waals surface area contributed by atoms with Crippen molar-refractivity contribution in [3.63, 3.8) is 0 Å². The minimum Gasteiger partial charge on any atom is -0.449 e.